The number of para-hydroxylation sites is 2. The number of likely N-dealkylation sites (N-methyl/N-ethyl adjacent to an activating group) is 1. The molecule has 2 aromatic carbocycles. The number of carboxylic acids is 1. The first kappa shape index (κ1) is 19.8. The van der Waals surface area contributed by atoms with Gasteiger partial charge >= 0.3 is 5.97 Å². The number of nitrogens with zero attached hydrogens (tertiary/aromatic N) is 4. The summed E-state index contributed by atoms with van der Waals surface area (Å²) in [5.41, 5.74) is 3.64. The minimum absolute atomic E-state index is 0.0313. The number of fused-ring (bicyclic) bond motifs is 3. The van der Waals surface area contributed by atoms with Crippen molar-refractivity contribution >= 4 is 40.1 Å². The number of aromatic carboxylic acids is 1. The number of hydrogen-bond donors (Lipinski definition) is 1. The van der Waals surface area contributed by atoms with Gasteiger partial charge in [0.2, 0.25) is 0 Å². The van der Waals surface area contributed by atoms with E-state index in [9.17, 15) is 9.90 Å². The Hall–Kier alpha value is -3.09. The summed E-state index contributed by atoms with van der Waals surface area (Å²) in [4.78, 5) is 21.5. The van der Waals surface area contributed by atoms with Crippen molar-refractivity contribution in [2.75, 3.05) is 32.1 Å². The van der Waals surface area contributed by atoms with Gasteiger partial charge in [-0.2, -0.15) is 0 Å². The standard InChI is InChI=1S/C24H23ClN4O2/c1-27(2)16-12-13-28(14-16)23-19(15-8-4-3-5-9-15)21(25)20(24(30)31)22-26-17-10-6-7-11-18(17)29(22)23/h3-11,16H,12-14H2,1-2H3,(H,30,31)/t16-/m0/s1. The van der Waals surface area contributed by atoms with Crippen molar-refractivity contribution in [3.8, 4) is 11.1 Å². The van der Waals surface area contributed by atoms with Gasteiger partial charge < -0.3 is 14.9 Å². The summed E-state index contributed by atoms with van der Waals surface area (Å²) >= 11 is 6.86. The summed E-state index contributed by atoms with van der Waals surface area (Å²) < 4.78 is 1.98. The zero-order valence-corrected chi connectivity index (χ0v) is 18.2. The smallest absolute Gasteiger partial charge is 0.341 e. The molecule has 1 aliphatic heterocycles. The molecule has 1 N–H and O–H groups in total. The second kappa shape index (κ2) is 7.55. The van der Waals surface area contributed by atoms with Gasteiger partial charge in [0.05, 0.1) is 16.1 Å². The van der Waals surface area contributed by atoms with E-state index in [4.69, 9.17) is 11.6 Å². The minimum Gasteiger partial charge on any atom is -0.478 e. The number of halogens is 1. The fraction of sp³-hybridized carbons (Fsp3) is 0.250. The molecule has 1 saturated heterocycles. The Bertz CT molecular complexity index is 1300. The molecule has 1 fully saturated rings. The van der Waals surface area contributed by atoms with Gasteiger partial charge in [0, 0.05) is 24.7 Å². The first-order valence-corrected chi connectivity index (χ1v) is 10.7. The summed E-state index contributed by atoms with van der Waals surface area (Å²) in [7, 11) is 4.18. The minimum atomic E-state index is -1.08. The largest absolute Gasteiger partial charge is 0.478 e. The second-order valence-electron chi connectivity index (χ2n) is 8.17. The third kappa shape index (κ3) is 3.14. The number of rotatable bonds is 4. The number of carboxylic acid groups (broad SMARTS) is 1. The van der Waals surface area contributed by atoms with Crippen LogP contribution in [0, 0.1) is 0 Å². The van der Waals surface area contributed by atoms with E-state index < -0.39 is 5.97 Å². The maximum atomic E-state index is 12.3. The molecule has 5 rings (SSSR count). The van der Waals surface area contributed by atoms with Crippen LogP contribution in [0.3, 0.4) is 0 Å². The summed E-state index contributed by atoms with van der Waals surface area (Å²) in [5.74, 6) is -0.184. The topological polar surface area (TPSA) is 61.1 Å². The van der Waals surface area contributed by atoms with Crippen LogP contribution in [0.25, 0.3) is 27.8 Å². The first-order chi connectivity index (χ1) is 15.0. The van der Waals surface area contributed by atoms with Crippen molar-refractivity contribution in [3.05, 3.63) is 65.2 Å². The molecule has 158 valence electrons. The highest BCUT2D eigenvalue weighted by molar-refractivity contribution is 6.38. The Morgan fingerprint density at radius 2 is 1.84 bits per heavy atom. The van der Waals surface area contributed by atoms with Gasteiger partial charge in [-0.25, -0.2) is 9.78 Å². The summed E-state index contributed by atoms with van der Waals surface area (Å²) in [6.07, 6.45) is 1.02. The van der Waals surface area contributed by atoms with E-state index >= 15 is 0 Å². The number of carbonyl (C=O) groups is 1. The van der Waals surface area contributed by atoms with Crippen LogP contribution >= 0.6 is 11.6 Å². The second-order valence-corrected chi connectivity index (χ2v) is 8.55. The van der Waals surface area contributed by atoms with Gasteiger partial charge in [-0.1, -0.05) is 54.1 Å². The summed E-state index contributed by atoms with van der Waals surface area (Å²) in [6.45, 7) is 1.68. The van der Waals surface area contributed by atoms with Crippen LogP contribution in [0.15, 0.2) is 54.6 Å². The lowest BCUT2D eigenvalue weighted by Crippen LogP contribution is -2.32. The third-order valence-electron chi connectivity index (χ3n) is 6.13. The van der Waals surface area contributed by atoms with Gasteiger partial charge in [-0.05, 0) is 38.2 Å². The molecule has 0 aliphatic carbocycles. The van der Waals surface area contributed by atoms with Gasteiger partial charge in [0.25, 0.3) is 0 Å². The van der Waals surface area contributed by atoms with E-state index in [1.54, 1.807) is 0 Å². The van der Waals surface area contributed by atoms with Crippen molar-refractivity contribution in [2.24, 2.45) is 0 Å². The zero-order chi connectivity index (χ0) is 21.7. The number of imidazole rings is 1. The first-order valence-electron chi connectivity index (χ1n) is 10.3. The Balaban J connectivity index is 1.92. The fourth-order valence-corrected chi connectivity index (χ4v) is 4.91. The van der Waals surface area contributed by atoms with Gasteiger partial charge in [0.15, 0.2) is 5.65 Å². The Morgan fingerprint density at radius 1 is 1.13 bits per heavy atom. The molecule has 3 heterocycles. The van der Waals surface area contributed by atoms with Crippen LogP contribution in [0.5, 0.6) is 0 Å². The molecule has 1 atom stereocenters. The maximum absolute atomic E-state index is 12.3. The van der Waals surface area contributed by atoms with Crippen LogP contribution in [0.2, 0.25) is 5.02 Å². The normalized spacial score (nSPS) is 16.6. The lowest BCUT2D eigenvalue weighted by molar-refractivity contribution is 0.0698. The van der Waals surface area contributed by atoms with Crippen LogP contribution in [-0.4, -0.2) is 58.6 Å². The number of hydrogen-bond acceptors (Lipinski definition) is 4. The van der Waals surface area contributed by atoms with Crippen molar-refractivity contribution in [1.29, 1.82) is 0 Å². The number of anilines is 1. The molecule has 0 spiro atoms. The summed E-state index contributed by atoms with van der Waals surface area (Å²) in [6, 6.07) is 17.9. The van der Waals surface area contributed by atoms with E-state index in [1.807, 2.05) is 59.0 Å². The predicted molar refractivity (Wildman–Crippen MR) is 124 cm³/mol. The van der Waals surface area contributed by atoms with Gasteiger partial charge in [0.1, 0.15) is 11.4 Å². The molecule has 0 bridgehead atoms. The van der Waals surface area contributed by atoms with Crippen molar-refractivity contribution in [2.45, 2.75) is 12.5 Å². The summed E-state index contributed by atoms with van der Waals surface area (Å²) in [5, 5.41) is 10.3. The molecule has 0 amide bonds. The average molecular weight is 435 g/mol. The number of aromatic nitrogens is 2. The predicted octanol–water partition coefficient (Wildman–Crippen LogP) is 4.65. The van der Waals surface area contributed by atoms with E-state index in [0.29, 0.717) is 11.7 Å². The highest BCUT2D eigenvalue weighted by Gasteiger charge is 2.32. The van der Waals surface area contributed by atoms with Gasteiger partial charge in [-0.3, -0.25) is 4.40 Å². The highest BCUT2D eigenvalue weighted by Crippen LogP contribution is 2.43. The molecule has 31 heavy (non-hydrogen) atoms. The van der Waals surface area contributed by atoms with Crippen molar-refractivity contribution in [1.82, 2.24) is 14.3 Å². The van der Waals surface area contributed by atoms with E-state index in [-0.39, 0.29) is 10.6 Å². The molecule has 0 saturated carbocycles. The van der Waals surface area contributed by atoms with Crippen LogP contribution in [0.4, 0.5) is 5.82 Å². The van der Waals surface area contributed by atoms with Gasteiger partial charge in [-0.15, -0.1) is 0 Å². The van der Waals surface area contributed by atoms with E-state index in [2.05, 4.69) is 28.9 Å². The van der Waals surface area contributed by atoms with E-state index in [0.717, 1.165) is 47.5 Å². The lowest BCUT2D eigenvalue weighted by atomic mass is 10.0. The number of pyridine rings is 1. The molecule has 2 aromatic heterocycles. The Morgan fingerprint density at radius 3 is 2.52 bits per heavy atom. The van der Waals surface area contributed by atoms with Crippen molar-refractivity contribution < 1.29 is 9.90 Å². The molecule has 0 radical (unpaired) electrons. The molecular weight excluding hydrogens is 412 g/mol. The fourth-order valence-electron chi connectivity index (χ4n) is 4.55. The molecule has 4 aromatic rings. The SMILES string of the molecule is CN(C)[C@H]1CCN(c2c(-c3ccccc3)c(Cl)c(C(=O)O)c3nc4ccccc4n23)C1. The average Bonchev–Trinajstić information content (AvgIpc) is 3.38. The number of benzene rings is 2. The quantitative estimate of drug-likeness (QED) is 0.506. The van der Waals surface area contributed by atoms with Crippen LogP contribution in [-0.2, 0) is 0 Å². The van der Waals surface area contributed by atoms with Crippen LogP contribution < -0.4 is 4.90 Å². The molecular formula is C24H23ClN4O2. The molecule has 1 aliphatic rings. The monoisotopic (exact) mass is 434 g/mol. The lowest BCUT2D eigenvalue weighted by Gasteiger charge is -2.27. The zero-order valence-electron chi connectivity index (χ0n) is 17.4. The molecule has 6 nitrogen and oxygen atoms in total. The highest BCUT2D eigenvalue weighted by atomic mass is 35.5. The molecule has 7 heteroatoms. The third-order valence-corrected chi connectivity index (χ3v) is 6.51. The van der Waals surface area contributed by atoms with E-state index in [1.165, 1.54) is 0 Å². The van der Waals surface area contributed by atoms with Crippen LogP contribution in [0.1, 0.15) is 16.8 Å². The maximum Gasteiger partial charge on any atom is 0.341 e. The Labute approximate surface area is 185 Å². The molecule has 0 unspecified atom stereocenters. The van der Waals surface area contributed by atoms with Crippen molar-refractivity contribution in [3.63, 3.8) is 0 Å². The Kier molecular flexibility index (Phi) is 4.84.